The van der Waals surface area contributed by atoms with Gasteiger partial charge < -0.3 is 9.47 Å². The van der Waals surface area contributed by atoms with Gasteiger partial charge in [0.25, 0.3) is 0 Å². The third-order valence-electron chi connectivity index (χ3n) is 6.29. The Hall–Kier alpha value is -3.11. The molecule has 3 aromatic carbocycles. The van der Waals surface area contributed by atoms with Crippen molar-refractivity contribution in [1.29, 1.82) is 0 Å². The fourth-order valence-electron chi connectivity index (χ4n) is 4.50. The first kappa shape index (κ1) is 23.1. The second kappa shape index (κ2) is 11.7. The largest absolute Gasteiger partial charge is 0.494 e. The van der Waals surface area contributed by atoms with Crippen molar-refractivity contribution in [2.24, 2.45) is 5.92 Å². The number of hydrogen-bond acceptors (Lipinski definition) is 4. The summed E-state index contributed by atoms with van der Waals surface area (Å²) in [7, 11) is 0. The van der Waals surface area contributed by atoms with Gasteiger partial charge in [-0.2, -0.15) is 0 Å². The molecule has 0 aliphatic carbocycles. The molecule has 1 aliphatic rings. The molecule has 0 aromatic heterocycles. The molecule has 33 heavy (non-hydrogen) atoms. The van der Waals surface area contributed by atoms with Crippen molar-refractivity contribution in [3.8, 4) is 5.75 Å². The summed E-state index contributed by atoms with van der Waals surface area (Å²) in [4.78, 5) is 15.8. The van der Waals surface area contributed by atoms with E-state index in [2.05, 4.69) is 35.2 Å². The molecule has 1 saturated heterocycles. The Kier molecular flexibility index (Phi) is 8.15. The van der Waals surface area contributed by atoms with Crippen LogP contribution in [0.3, 0.4) is 0 Å². The van der Waals surface area contributed by atoms with Gasteiger partial charge in [-0.25, -0.2) is 0 Å². The standard InChI is InChI=1S/C29H33NO3/c1-2-32-27-15-9-14-26(20-27)28(25-12-7-4-8-13-25)29(31)33-22-24-16-18-30(19-17-24)21-23-10-5-3-6-11-23/h3-15,20,24,28H,2,16-19,21-22H2,1H3. The number of likely N-dealkylation sites (tertiary alicyclic amines) is 1. The number of esters is 1. The highest BCUT2D eigenvalue weighted by molar-refractivity contribution is 5.82. The minimum Gasteiger partial charge on any atom is -0.494 e. The summed E-state index contributed by atoms with van der Waals surface area (Å²) < 4.78 is 11.6. The van der Waals surface area contributed by atoms with Crippen molar-refractivity contribution in [2.45, 2.75) is 32.2 Å². The third kappa shape index (κ3) is 6.45. The summed E-state index contributed by atoms with van der Waals surface area (Å²) >= 11 is 0. The summed E-state index contributed by atoms with van der Waals surface area (Å²) in [6.45, 7) is 6.09. The molecule has 0 bridgehead atoms. The number of hydrogen-bond donors (Lipinski definition) is 0. The van der Waals surface area contributed by atoms with E-state index in [0.717, 1.165) is 49.4 Å². The summed E-state index contributed by atoms with van der Waals surface area (Å²) in [5.41, 5.74) is 3.19. The normalized spacial score (nSPS) is 15.7. The molecule has 0 spiro atoms. The first-order valence-electron chi connectivity index (χ1n) is 11.9. The quantitative estimate of drug-likeness (QED) is 0.399. The molecule has 1 fully saturated rings. The number of carbonyl (C=O) groups is 1. The van der Waals surface area contributed by atoms with Crippen LogP contribution in [0.25, 0.3) is 0 Å². The van der Waals surface area contributed by atoms with E-state index in [0.29, 0.717) is 19.1 Å². The summed E-state index contributed by atoms with van der Waals surface area (Å²) in [5, 5.41) is 0. The molecular weight excluding hydrogens is 410 g/mol. The highest BCUT2D eigenvalue weighted by Crippen LogP contribution is 2.29. The molecule has 0 amide bonds. The molecule has 1 aliphatic heterocycles. The van der Waals surface area contributed by atoms with E-state index in [1.807, 2.05) is 61.5 Å². The zero-order valence-electron chi connectivity index (χ0n) is 19.4. The van der Waals surface area contributed by atoms with E-state index in [9.17, 15) is 4.79 Å². The van der Waals surface area contributed by atoms with Crippen LogP contribution in [0.2, 0.25) is 0 Å². The molecule has 172 valence electrons. The minimum atomic E-state index is -0.454. The van der Waals surface area contributed by atoms with Crippen molar-refractivity contribution in [3.63, 3.8) is 0 Å². The zero-order valence-corrected chi connectivity index (χ0v) is 19.4. The van der Waals surface area contributed by atoms with Gasteiger partial charge in [0.05, 0.1) is 13.2 Å². The van der Waals surface area contributed by atoms with Crippen LogP contribution < -0.4 is 4.74 Å². The lowest BCUT2D eigenvalue weighted by molar-refractivity contribution is -0.146. The van der Waals surface area contributed by atoms with Crippen LogP contribution in [-0.4, -0.2) is 37.2 Å². The van der Waals surface area contributed by atoms with Crippen LogP contribution in [0, 0.1) is 5.92 Å². The second-order valence-corrected chi connectivity index (χ2v) is 8.68. The number of piperidine rings is 1. The van der Waals surface area contributed by atoms with E-state index in [1.54, 1.807) is 0 Å². The minimum absolute atomic E-state index is 0.193. The smallest absolute Gasteiger partial charge is 0.317 e. The van der Waals surface area contributed by atoms with Crippen LogP contribution in [-0.2, 0) is 16.1 Å². The maximum atomic E-state index is 13.3. The highest BCUT2D eigenvalue weighted by Gasteiger charge is 2.27. The van der Waals surface area contributed by atoms with E-state index in [1.165, 1.54) is 5.56 Å². The molecule has 4 nitrogen and oxygen atoms in total. The molecule has 1 atom stereocenters. The van der Waals surface area contributed by atoms with Crippen LogP contribution in [0.1, 0.15) is 42.4 Å². The topological polar surface area (TPSA) is 38.8 Å². The number of carbonyl (C=O) groups excluding carboxylic acids is 1. The number of rotatable bonds is 9. The maximum Gasteiger partial charge on any atom is 0.317 e. The van der Waals surface area contributed by atoms with E-state index < -0.39 is 5.92 Å². The predicted octanol–water partition coefficient (Wildman–Crippen LogP) is 5.67. The molecule has 4 rings (SSSR count). The molecule has 3 aromatic rings. The lowest BCUT2D eigenvalue weighted by Gasteiger charge is -2.32. The molecule has 1 heterocycles. The van der Waals surface area contributed by atoms with Crippen molar-refractivity contribution in [2.75, 3.05) is 26.3 Å². The lowest BCUT2D eigenvalue weighted by Crippen LogP contribution is -2.35. The van der Waals surface area contributed by atoms with Gasteiger partial charge in [-0.05, 0) is 67.6 Å². The summed E-state index contributed by atoms with van der Waals surface area (Å²) in [6.07, 6.45) is 2.10. The second-order valence-electron chi connectivity index (χ2n) is 8.68. The summed E-state index contributed by atoms with van der Waals surface area (Å²) in [5.74, 6) is 0.535. The number of ether oxygens (including phenoxy) is 2. The van der Waals surface area contributed by atoms with Crippen molar-refractivity contribution < 1.29 is 14.3 Å². The molecule has 0 radical (unpaired) electrons. The number of benzene rings is 3. The van der Waals surface area contributed by atoms with Gasteiger partial charge >= 0.3 is 5.97 Å². The van der Waals surface area contributed by atoms with Crippen molar-refractivity contribution >= 4 is 5.97 Å². The Labute approximate surface area is 197 Å². The maximum absolute atomic E-state index is 13.3. The average molecular weight is 444 g/mol. The Morgan fingerprint density at radius 1 is 0.909 bits per heavy atom. The number of nitrogens with zero attached hydrogens (tertiary/aromatic N) is 1. The fourth-order valence-corrected chi connectivity index (χ4v) is 4.50. The van der Waals surface area contributed by atoms with Gasteiger partial charge in [0, 0.05) is 6.54 Å². The van der Waals surface area contributed by atoms with Crippen LogP contribution in [0.15, 0.2) is 84.9 Å². The molecule has 4 heteroatoms. The monoisotopic (exact) mass is 443 g/mol. The molecule has 1 unspecified atom stereocenters. The van der Waals surface area contributed by atoms with Gasteiger partial charge in [-0.15, -0.1) is 0 Å². The van der Waals surface area contributed by atoms with Crippen LogP contribution in [0.5, 0.6) is 5.75 Å². The molecule has 0 saturated carbocycles. The molecular formula is C29H33NO3. The zero-order chi connectivity index (χ0) is 22.9. The van der Waals surface area contributed by atoms with Crippen LogP contribution in [0.4, 0.5) is 0 Å². The Morgan fingerprint density at radius 2 is 1.58 bits per heavy atom. The average Bonchev–Trinajstić information content (AvgIpc) is 2.86. The Bertz CT molecular complexity index is 998. The van der Waals surface area contributed by atoms with Gasteiger partial charge in [-0.3, -0.25) is 9.69 Å². The van der Waals surface area contributed by atoms with Gasteiger partial charge in [-0.1, -0.05) is 72.8 Å². The third-order valence-corrected chi connectivity index (χ3v) is 6.29. The Morgan fingerprint density at radius 3 is 2.27 bits per heavy atom. The van der Waals surface area contributed by atoms with E-state index in [-0.39, 0.29) is 5.97 Å². The first-order chi connectivity index (χ1) is 16.2. The first-order valence-corrected chi connectivity index (χ1v) is 11.9. The predicted molar refractivity (Wildman–Crippen MR) is 131 cm³/mol. The van der Waals surface area contributed by atoms with Gasteiger partial charge in [0.1, 0.15) is 11.7 Å². The lowest BCUT2D eigenvalue weighted by atomic mass is 9.91. The highest BCUT2D eigenvalue weighted by atomic mass is 16.5. The van der Waals surface area contributed by atoms with Crippen LogP contribution >= 0.6 is 0 Å². The molecule has 0 N–H and O–H groups in total. The fraction of sp³-hybridized carbons (Fsp3) is 0.345. The van der Waals surface area contributed by atoms with Gasteiger partial charge in [0.2, 0.25) is 0 Å². The SMILES string of the molecule is CCOc1cccc(C(C(=O)OCC2CCN(Cc3ccccc3)CC2)c2ccccc2)c1. The Balaban J connectivity index is 1.36. The van der Waals surface area contributed by atoms with E-state index >= 15 is 0 Å². The summed E-state index contributed by atoms with van der Waals surface area (Å²) in [6, 6.07) is 28.2. The van der Waals surface area contributed by atoms with Crippen molar-refractivity contribution in [3.05, 3.63) is 102 Å². The van der Waals surface area contributed by atoms with Gasteiger partial charge in [0.15, 0.2) is 0 Å². The van der Waals surface area contributed by atoms with E-state index in [4.69, 9.17) is 9.47 Å². The van der Waals surface area contributed by atoms with Crippen molar-refractivity contribution in [1.82, 2.24) is 4.90 Å².